The quantitative estimate of drug-likeness (QED) is 0.504. The van der Waals surface area contributed by atoms with E-state index in [0.717, 1.165) is 34.6 Å². The van der Waals surface area contributed by atoms with Crippen LogP contribution in [-0.4, -0.2) is 31.6 Å². The van der Waals surface area contributed by atoms with Crippen LogP contribution in [0.25, 0.3) is 22.6 Å². The molecule has 3 heterocycles. The molecule has 0 spiro atoms. The lowest BCUT2D eigenvalue weighted by molar-refractivity contribution is 0.242. The fraction of sp³-hybridized carbons (Fsp3) is 0.174. The Morgan fingerprint density at radius 1 is 1.13 bits per heavy atom. The number of hydrogen-bond acceptors (Lipinski definition) is 4. The average molecular weight is 436 g/mol. The fourth-order valence-corrected chi connectivity index (χ4v) is 4.05. The number of rotatable bonds is 4. The van der Waals surface area contributed by atoms with Gasteiger partial charge < -0.3 is 4.98 Å². The second-order valence-corrected chi connectivity index (χ2v) is 8.02. The van der Waals surface area contributed by atoms with Crippen LogP contribution in [-0.2, 0) is 19.5 Å². The number of nitrogens with zero attached hydrogens (tertiary/aromatic N) is 3. The molecule has 8 heteroatoms. The van der Waals surface area contributed by atoms with Crippen LogP contribution in [0.2, 0.25) is 5.02 Å². The lowest BCUT2D eigenvalue weighted by Crippen LogP contribution is -2.35. The molecule has 2 aromatic carbocycles. The number of halogens is 2. The number of fused-ring (bicyclic) bond motifs is 1. The number of benzene rings is 2. The van der Waals surface area contributed by atoms with Crippen LogP contribution < -0.4 is 5.56 Å². The first-order chi connectivity index (χ1) is 15.1. The SMILES string of the molecule is O=c1[nH]c(-c2ccc(Cl)cc2)nc2c1CN(Cc1cn[nH]c1-c1cccc(F)c1)CC2. The highest BCUT2D eigenvalue weighted by Gasteiger charge is 2.23. The third-order valence-electron chi connectivity index (χ3n) is 5.49. The first-order valence-corrected chi connectivity index (χ1v) is 10.3. The molecule has 0 saturated carbocycles. The largest absolute Gasteiger partial charge is 0.306 e. The van der Waals surface area contributed by atoms with Crippen LogP contribution in [0, 0.1) is 5.82 Å². The van der Waals surface area contributed by atoms with Gasteiger partial charge in [0.1, 0.15) is 11.6 Å². The highest BCUT2D eigenvalue weighted by Crippen LogP contribution is 2.25. The summed E-state index contributed by atoms with van der Waals surface area (Å²) >= 11 is 5.95. The Morgan fingerprint density at radius 2 is 1.97 bits per heavy atom. The number of aromatic amines is 2. The van der Waals surface area contributed by atoms with Crippen LogP contribution in [0.4, 0.5) is 4.39 Å². The number of hydrogen-bond donors (Lipinski definition) is 2. The minimum atomic E-state index is -0.293. The third-order valence-corrected chi connectivity index (χ3v) is 5.74. The molecule has 5 rings (SSSR count). The Morgan fingerprint density at radius 3 is 2.77 bits per heavy atom. The zero-order valence-electron chi connectivity index (χ0n) is 16.5. The molecule has 2 aromatic heterocycles. The zero-order chi connectivity index (χ0) is 21.4. The van der Waals surface area contributed by atoms with Crippen molar-refractivity contribution in [1.82, 2.24) is 25.1 Å². The molecule has 0 fully saturated rings. The molecule has 0 bridgehead atoms. The van der Waals surface area contributed by atoms with Crippen molar-refractivity contribution >= 4 is 11.6 Å². The monoisotopic (exact) mass is 435 g/mol. The van der Waals surface area contributed by atoms with Gasteiger partial charge in [0.15, 0.2) is 0 Å². The number of aromatic nitrogens is 4. The van der Waals surface area contributed by atoms with Crippen molar-refractivity contribution in [3.05, 3.63) is 92.7 Å². The molecule has 0 amide bonds. The normalized spacial score (nSPS) is 13.9. The summed E-state index contributed by atoms with van der Waals surface area (Å²) in [5.74, 6) is 0.260. The lowest BCUT2D eigenvalue weighted by atomic mass is 10.0. The molecule has 156 valence electrons. The topological polar surface area (TPSA) is 77.7 Å². The van der Waals surface area contributed by atoms with E-state index in [1.165, 1.54) is 12.1 Å². The van der Waals surface area contributed by atoms with Crippen LogP contribution in [0.15, 0.2) is 59.5 Å². The predicted molar refractivity (Wildman–Crippen MR) is 117 cm³/mol. The number of nitrogens with one attached hydrogen (secondary N) is 2. The van der Waals surface area contributed by atoms with Gasteiger partial charge in [0.25, 0.3) is 5.56 Å². The van der Waals surface area contributed by atoms with E-state index in [1.54, 1.807) is 24.4 Å². The summed E-state index contributed by atoms with van der Waals surface area (Å²) in [7, 11) is 0. The molecule has 0 saturated heterocycles. The van der Waals surface area contributed by atoms with Gasteiger partial charge in [-0.25, -0.2) is 9.37 Å². The van der Waals surface area contributed by atoms with Crippen LogP contribution >= 0.6 is 11.6 Å². The second-order valence-electron chi connectivity index (χ2n) is 7.59. The van der Waals surface area contributed by atoms with E-state index in [4.69, 9.17) is 16.6 Å². The maximum Gasteiger partial charge on any atom is 0.255 e. The van der Waals surface area contributed by atoms with Crippen LogP contribution in [0.1, 0.15) is 16.8 Å². The van der Waals surface area contributed by atoms with Gasteiger partial charge in [0, 0.05) is 47.8 Å². The van der Waals surface area contributed by atoms with E-state index < -0.39 is 0 Å². The maximum atomic E-state index is 13.6. The van der Waals surface area contributed by atoms with Crippen LogP contribution in [0.5, 0.6) is 0 Å². The first-order valence-electron chi connectivity index (χ1n) is 9.95. The van der Waals surface area contributed by atoms with Crippen molar-refractivity contribution in [3.8, 4) is 22.6 Å². The fourth-order valence-electron chi connectivity index (χ4n) is 3.93. The Balaban J connectivity index is 1.38. The Labute approximate surface area is 182 Å². The van der Waals surface area contributed by atoms with E-state index in [-0.39, 0.29) is 11.4 Å². The minimum absolute atomic E-state index is 0.128. The summed E-state index contributed by atoms with van der Waals surface area (Å²) in [6, 6.07) is 13.7. The molecular formula is C23H19ClFN5O. The van der Waals surface area contributed by atoms with Crippen molar-refractivity contribution in [1.29, 1.82) is 0 Å². The van der Waals surface area contributed by atoms with Crippen molar-refractivity contribution in [2.75, 3.05) is 6.54 Å². The Kier molecular flexibility index (Phi) is 5.13. The molecule has 0 aliphatic carbocycles. The molecule has 31 heavy (non-hydrogen) atoms. The zero-order valence-corrected chi connectivity index (χ0v) is 17.3. The van der Waals surface area contributed by atoms with Crippen LogP contribution in [0.3, 0.4) is 0 Å². The van der Waals surface area contributed by atoms with Gasteiger partial charge in [-0.15, -0.1) is 0 Å². The van der Waals surface area contributed by atoms with E-state index in [9.17, 15) is 9.18 Å². The third kappa shape index (κ3) is 4.02. The van der Waals surface area contributed by atoms with E-state index in [2.05, 4.69) is 20.1 Å². The molecule has 6 nitrogen and oxygen atoms in total. The van der Waals surface area contributed by atoms with Crippen molar-refractivity contribution in [2.24, 2.45) is 0 Å². The highest BCUT2D eigenvalue weighted by molar-refractivity contribution is 6.30. The van der Waals surface area contributed by atoms with Crippen molar-refractivity contribution < 1.29 is 4.39 Å². The smallest absolute Gasteiger partial charge is 0.255 e. The van der Waals surface area contributed by atoms with Gasteiger partial charge in [0.05, 0.1) is 23.1 Å². The summed E-state index contributed by atoms with van der Waals surface area (Å²) in [4.78, 5) is 22.6. The van der Waals surface area contributed by atoms with E-state index in [1.807, 2.05) is 18.2 Å². The van der Waals surface area contributed by atoms with Gasteiger partial charge >= 0.3 is 0 Å². The van der Waals surface area contributed by atoms with Gasteiger partial charge in [-0.05, 0) is 36.4 Å². The average Bonchev–Trinajstić information content (AvgIpc) is 3.23. The summed E-state index contributed by atoms with van der Waals surface area (Å²) in [6.07, 6.45) is 2.43. The van der Waals surface area contributed by atoms with Gasteiger partial charge in [0.2, 0.25) is 0 Å². The summed E-state index contributed by atoms with van der Waals surface area (Å²) in [5, 5.41) is 7.74. The molecular weight excluding hydrogens is 417 g/mol. The van der Waals surface area contributed by atoms with Gasteiger partial charge in [-0.1, -0.05) is 23.7 Å². The van der Waals surface area contributed by atoms with E-state index in [0.29, 0.717) is 35.9 Å². The Hall–Kier alpha value is -3.29. The molecule has 0 radical (unpaired) electrons. The first kappa shape index (κ1) is 19.7. The molecule has 1 aliphatic rings. The van der Waals surface area contributed by atoms with Gasteiger partial charge in [-0.2, -0.15) is 5.10 Å². The van der Waals surface area contributed by atoms with Crippen molar-refractivity contribution in [2.45, 2.75) is 19.5 Å². The number of H-pyrrole nitrogens is 2. The van der Waals surface area contributed by atoms with E-state index >= 15 is 0 Å². The molecule has 4 aromatic rings. The Bertz CT molecular complexity index is 1300. The maximum absolute atomic E-state index is 13.6. The molecule has 2 N–H and O–H groups in total. The lowest BCUT2D eigenvalue weighted by Gasteiger charge is -2.27. The highest BCUT2D eigenvalue weighted by atomic mass is 35.5. The summed E-state index contributed by atoms with van der Waals surface area (Å²) < 4.78 is 13.6. The summed E-state index contributed by atoms with van der Waals surface area (Å²) in [6.45, 7) is 1.85. The van der Waals surface area contributed by atoms with Gasteiger partial charge in [-0.3, -0.25) is 14.8 Å². The standard InChI is InChI=1S/C23H19ClFN5O/c24-17-6-4-14(5-7-17)22-27-20-8-9-30(13-19(20)23(31)28-22)12-16-11-26-29-21(16)15-2-1-3-18(25)10-15/h1-7,10-11H,8-9,12-13H2,(H,26,29)(H,27,28,31). The predicted octanol–water partition coefficient (Wildman–Crippen LogP) is 4.18. The molecule has 1 aliphatic heterocycles. The molecule has 0 atom stereocenters. The minimum Gasteiger partial charge on any atom is -0.306 e. The molecule has 0 unspecified atom stereocenters. The van der Waals surface area contributed by atoms with Crippen molar-refractivity contribution in [3.63, 3.8) is 0 Å². The second kappa shape index (κ2) is 8.09. The summed E-state index contributed by atoms with van der Waals surface area (Å²) in [5.41, 5.74) is 4.69.